The van der Waals surface area contributed by atoms with Crippen LogP contribution in [0.1, 0.15) is 245 Å². The fraction of sp³-hybridized carbons (Fsp3) is 0.639. The van der Waals surface area contributed by atoms with Crippen molar-refractivity contribution < 1.29 is 42.1 Å². The zero-order valence-electron chi connectivity index (χ0n) is 52.9. The minimum Gasteiger partial charge on any atom is -0.462 e. The molecule has 0 saturated carbocycles. The molecule has 0 rings (SSSR count). The second-order valence-corrected chi connectivity index (χ2v) is 23.9. The minimum absolute atomic E-state index is 0.0223. The summed E-state index contributed by atoms with van der Waals surface area (Å²) in [5.41, 5.74) is 0. The van der Waals surface area contributed by atoms with Crippen molar-refractivity contribution in [1.29, 1.82) is 0 Å². The number of nitrogens with zero attached hydrogens (tertiary/aromatic N) is 1. The molecule has 0 aromatic rings. The molecule has 0 radical (unpaired) electrons. The molecule has 2 unspecified atom stereocenters. The van der Waals surface area contributed by atoms with E-state index in [9.17, 15) is 19.0 Å². The quantitative estimate of drug-likeness (QED) is 0.0211. The largest absolute Gasteiger partial charge is 0.472 e. The first-order valence-corrected chi connectivity index (χ1v) is 34.1. The van der Waals surface area contributed by atoms with Crippen molar-refractivity contribution >= 4 is 19.8 Å². The Hall–Kier alpha value is -4.11. The number of quaternary nitrogens is 1. The third-order valence-electron chi connectivity index (χ3n) is 13.4. The Morgan fingerprint density at radius 2 is 0.695 bits per heavy atom. The zero-order valence-corrected chi connectivity index (χ0v) is 53.8. The molecule has 1 N–H and O–H groups in total. The van der Waals surface area contributed by atoms with Gasteiger partial charge in [-0.2, -0.15) is 0 Å². The topological polar surface area (TPSA) is 108 Å². The van der Waals surface area contributed by atoms with Crippen LogP contribution in [0.15, 0.2) is 146 Å². The smallest absolute Gasteiger partial charge is 0.462 e. The molecule has 82 heavy (non-hydrogen) atoms. The predicted molar refractivity (Wildman–Crippen MR) is 353 cm³/mol. The van der Waals surface area contributed by atoms with Crippen LogP contribution >= 0.6 is 7.82 Å². The molecular weight excluding hydrogens is 1040 g/mol. The third kappa shape index (κ3) is 65.0. The Morgan fingerprint density at radius 1 is 0.390 bits per heavy atom. The lowest BCUT2D eigenvalue weighted by atomic mass is 10.1. The van der Waals surface area contributed by atoms with Gasteiger partial charge in [0.25, 0.3) is 0 Å². The lowest BCUT2D eigenvalue weighted by Gasteiger charge is -2.24. The molecule has 0 aliphatic carbocycles. The van der Waals surface area contributed by atoms with E-state index < -0.39 is 26.5 Å². The molecule has 0 bridgehead atoms. The molecule has 0 aromatic carbocycles. The summed E-state index contributed by atoms with van der Waals surface area (Å²) in [7, 11) is 1.45. The number of hydrogen-bond donors (Lipinski definition) is 1. The van der Waals surface area contributed by atoms with Gasteiger partial charge in [0.1, 0.15) is 19.8 Å². The van der Waals surface area contributed by atoms with Gasteiger partial charge in [-0.1, -0.05) is 256 Å². The number of phosphoric ester groups is 1. The average Bonchev–Trinajstić information content (AvgIpc) is 3.46. The maximum absolute atomic E-state index is 12.8. The molecule has 9 nitrogen and oxygen atoms in total. The van der Waals surface area contributed by atoms with E-state index in [0.717, 1.165) is 128 Å². The molecule has 0 aliphatic heterocycles. The molecule has 466 valence electrons. The van der Waals surface area contributed by atoms with E-state index in [2.05, 4.69) is 160 Å². The van der Waals surface area contributed by atoms with Gasteiger partial charge in [-0.3, -0.25) is 18.6 Å². The molecular formula is C72H121NO8P+. The Bertz CT molecular complexity index is 1890. The van der Waals surface area contributed by atoms with Crippen LogP contribution in [-0.2, 0) is 32.7 Å². The van der Waals surface area contributed by atoms with Gasteiger partial charge in [-0.15, -0.1) is 0 Å². The van der Waals surface area contributed by atoms with Crippen LogP contribution in [0.25, 0.3) is 0 Å². The van der Waals surface area contributed by atoms with Crippen molar-refractivity contribution in [2.45, 2.75) is 251 Å². The zero-order chi connectivity index (χ0) is 59.8. The van der Waals surface area contributed by atoms with E-state index in [4.69, 9.17) is 18.5 Å². The molecule has 0 aliphatic rings. The highest BCUT2D eigenvalue weighted by Crippen LogP contribution is 2.43. The number of esters is 2. The molecule has 0 spiro atoms. The lowest BCUT2D eigenvalue weighted by molar-refractivity contribution is -0.870. The maximum Gasteiger partial charge on any atom is 0.472 e. The second kappa shape index (κ2) is 61.5. The van der Waals surface area contributed by atoms with Crippen LogP contribution in [0.5, 0.6) is 0 Å². The number of carbonyl (C=O) groups excluding carboxylic acids is 2. The SMILES string of the molecule is CC/C=C\C/C=C\C/C=C\C/C=C\C/C=C\C/C=C\C/C=C\C/C=C\C/C=C\C/C=C\CCCCCCCCCCC(=O)OC(COC(=O)CCCCCCCCCCC/C=C\C/C=C\CCCCC)COP(=O)(O)OCC[N+](C)(C)C. The Labute approximate surface area is 503 Å². The van der Waals surface area contributed by atoms with E-state index >= 15 is 0 Å². The van der Waals surface area contributed by atoms with Crippen molar-refractivity contribution in [1.82, 2.24) is 0 Å². The first-order chi connectivity index (χ1) is 40.0. The summed E-state index contributed by atoms with van der Waals surface area (Å²) < 4.78 is 34.6. The standard InChI is InChI=1S/C72H120NO8P/c1-6-8-10-12-14-16-18-20-22-24-26-27-28-29-30-31-32-33-34-35-36-37-38-39-40-41-42-43-44-45-47-49-51-53-55-57-59-61-63-65-72(75)81-70(69-80-82(76,77)79-67-66-73(3,4)5)68-78-71(74)64-62-60-58-56-54-52-50-48-46-25-23-21-19-17-15-13-11-9-7-2/h8,10,14-17,20-23,26-27,29-30,32-33,35-36,38-39,41-42,44-45,70H,6-7,9,11-13,18-19,24-25,28,31,34,37,40,43,46-69H2,1-5H3/p+1/b10-8-,16-14-,17-15-,22-20-,23-21-,27-26-,30-29-,33-32-,36-35-,39-38-,42-41-,45-44-. The summed E-state index contributed by atoms with van der Waals surface area (Å²) in [5, 5.41) is 0. The summed E-state index contributed by atoms with van der Waals surface area (Å²) in [4.78, 5) is 35.8. The van der Waals surface area contributed by atoms with E-state index in [-0.39, 0.29) is 32.0 Å². The van der Waals surface area contributed by atoms with Crippen molar-refractivity contribution in [3.8, 4) is 0 Å². The van der Waals surface area contributed by atoms with Gasteiger partial charge in [0.05, 0.1) is 27.7 Å². The fourth-order valence-corrected chi connectivity index (χ4v) is 9.11. The van der Waals surface area contributed by atoms with Gasteiger partial charge in [0.2, 0.25) is 0 Å². The number of ether oxygens (including phenoxy) is 2. The predicted octanol–water partition coefficient (Wildman–Crippen LogP) is 21.0. The van der Waals surface area contributed by atoms with Crippen molar-refractivity contribution in [2.75, 3.05) is 47.5 Å². The summed E-state index contributed by atoms with van der Waals surface area (Å²) in [6.07, 6.45) is 90.7. The van der Waals surface area contributed by atoms with Gasteiger partial charge in [0, 0.05) is 12.8 Å². The van der Waals surface area contributed by atoms with Gasteiger partial charge in [-0.05, 0) is 122 Å². The van der Waals surface area contributed by atoms with Crippen LogP contribution in [0.2, 0.25) is 0 Å². The van der Waals surface area contributed by atoms with E-state index in [1.54, 1.807) is 0 Å². The molecule has 0 saturated heterocycles. The van der Waals surface area contributed by atoms with Crippen LogP contribution in [0.4, 0.5) is 0 Å². The highest BCUT2D eigenvalue weighted by atomic mass is 31.2. The molecule has 0 fully saturated rings. The van der Waals surface area contributed by atoms with Crippen LogP contribution in [0.3, 0.4) is 0 Å². The monoisotopic (exact) mass is 1160 g/mol. The van der Waals surface area contributed by atoms with E-state index in [1.165, 1.54) is 83.5 Å². The summed E-state index contributed by atoms with van der Waals surface area (Å²) in [6.45, 7) is 4.27. The number of rotatable bonds is 58. The first kappa shape index (κ1) is 77.9. The molecule has 2 atom stereocenters. The number of unbranched alkanes of at least 4 members (excludes halogenated alkanes) is 20. The highest BCUT2D eigenvalue weighted by molar-refractivity contribution is 7.47. The average molecular weight is 1160 g/mol. The van der Waals surface area contributed by atoms with Crippen molar-refractivity contribution in [3.05, 3.63) is 146 Å². The van der Waals surface area contributed by atoms with Crippen LogP contribution < -0.4 is 0 Å². The van der Waals surface area contributed by atoms with Crippen LogP contribution in [-0.4, -0.2) is 74.9 Å². The Kier molecular flexibility index (Phi) is 58.4. The number of carbonyl (C=O) groups is 2. The molecule has 10 heteroatoms. The normalized spacial score (nSPS) is 14.2. The molecule has 0 aromatic heterocycles. The third-order valence-corrected chi connectivity index (χ3v) is 14.3. The second-order valence-electron chi connectivity index (χ2n) is 22.4. The van der Waals surface area contributed by atoms with Gasteiger partial charge in [-0.25, -0.2) is 4.57 Å². The van der Waals surface area contributed by atoms with E-state index in [0.29, 0.717) is 17.4 Å². The first-order valence-electron chi connectivity index (χ1n) is 32.6. The lowest BCUT2D eigenvalue weighted by Crippen LogP contribution is -2.37. The number of likely N-dealkylation sites (N-methyl/N-ethyl adjacent to an activating group) is 1. The maximum atomic E-state index is 12.8. The van der Waals surface area contributed by atoms with E-state index in [1.807, 2.05) is 21.1 Å². The van der Waals surface area contributed by atoms with Crippen LogP contribution in [0, 0.1) is 0 Å². The van der Waals surface area contributed by atoms with Crippen molar-refractivity contribution in [2.24, 2.45) is 0 Å². The highest BCUT2D eigenvalue weighted by Gasteiger charge is 2.27. The Morgan fingerprint density at radius 3 is 1.04 bits per heavy atom. The van der Waals surface area contributed by atoms with Gasteiger partial charge in [0.15, 0.2) is 6.10 Å². The summed E-state index contributed by atoms with van der Waals surface area (Å²) >= 11 is 0. The molecule has 0 amide bonds. The van der Waals surface area contributed by atoms with Crippen molar-refractivity contribution in [3.63, 3.8) is 0 Å². The summed E-state index contributed by atoms with van der Waals surface area (Å²) in [6, 6.07) is 0. The molecule has 0 heterocycles. The number of hydrogen-bond acceptors (Lipinski definition) is 7. The Balaban J connectivity index is 4.15. The fourth-order valence-electron chi connectivity index (χ4n) is 8.37. The number of allylic oxidation sites excluding steroid dienone is 24. The van der Waals surface area contributed by atoms with Gasteiger partial charge >= 0.3 is 19.8 Å². The summed E-state index contributed by atoms with van der Waals surface area (Å²) in [5.74, 6) is -0.818. The van der Waals surface area contributed by atoms with Gasteiger partial charge < -0.3 is 18.9 Å². The minimum atomic E-state index is -4.40. The number of phosphoric acid groups is 1.